The van der Waals surface area contributed by atoms with Crippen LogP contribution in [0.5, 0.6) is 0 Å². The van der Waals surface area contributed by atoms with Crippen LogP contribution in [-0.4, -0.2) is 17.0 Å². The molecule has 0 amide bonds. The summed E-state index contributed by atoms with van der Waals surface area (Å²) in [5, 5.41) is 0. The molecule has 1 N–H and O–H groups in total. The van der Waals surface area contributed by atoms with Gasteiger partial charge in [0, 0.05) is 23.9 Å². The highest BCUT2D eigenvalue weighted by molar-refractivity contribution is 7.80. The first-order valence-electron chi connectivity index (χ1n) is 3.60. The molecule has 1 rings (SSSR count). The third-order valence-corrected chi connectivity index (χ3v) is 1.53. The van der Waals surface area contributed by atoms with Crippen LogP contribution in [0, 0.1) is 11.8 Å². The van der Waals surface area contributed by atoms with Crippen molar-refractivity contribution in [2.24, 2.45) is 0 Å². The van der Waals surface area contributed by atoms with Gasteiger partial charge in [0.25, 0.3) is 0 Å². The van der Waals surface area contributed by atoms with E-state index in [-0.39, 0.29) is 0 Å². The maximum absolute atomic E-state index is 10.3. The van der Waals surface area contributed by atoms with Gasteiger partial charge in [-0.3, -0.25) is 4.79 Å². The normalized spacial score (nSPS) is 8.75. The zero-order valence-corrected chi connectivity index (χ0v) is 7.40. The van der Waals surface area contributed by atoms with E-state index in [1.54, 1.807) is 12.3 Å². The molecule has 0 aliphatic rings. The minimum atomic E-state index is 0.560. The van der Waals surface area contributed by atoms with Crippen molar-refractivity contribution in [3.63, 3.8) is 0 Å². The van der Waals surface area contributed by atoms with E-state index in [0.717, 1.165) is 24.0 Å². The number of H-pyrrole nitrogens is 1. The van der Waals surface area contributed by atoms with Gasteiger partial charge in [0.05, 0.1) is 5.69 Å². The maximum atomic E-state index is 10.3. The average Bonchev–Trinajstić information content (AvgIpc) is 2.53. The van der Waals surface area contributed by atoms with Gasteiger partial charge in [-0.2, -0.15) is 12.6 Å². The number of hydrogen-bond donors (Lipinski definition) is 2. The lowest BCUT2D eigenvalue weighted by molar-refractivity contribution is 0.111. The van der Waals surface area contributed by atoms with Gasteiger partial charge >= 0.3 is 0 Å². The molecule has 12 heavy (non-hydrogen) atoms. The first kappa shape index (κ1) is 8.95. The maximum Gasteiger partial charge on any atom is 0.166 e. The molecule has 0 aromatic carbocycles. The summed E-state index contributed by atoms with van der Waals surface area (Å²) in [4.78, 5) is 13.1. The lowest BCUT2D eigenvalue weighted by atomic mass is 10.3. The van der Waals surface area contributed by atoms with Crippen LogP contribution in [0.2, 0.25) is 0 Å². The molecule has 0 spiro atoms. The monoisotopic (exact) mass is 179 g/mol. The highest BCUT2D eigenvalue weighted by Crippen LogP contribution is 1.98. The number of aromatic amines is 1. The summed E-state index contributed by atoms with van der Waals surface area (Å²) in [7, 11) is 0. The Morgan fingerprint density at radius 1 is 1.67 bits per heavy atom. The molecule has 0 radical (unpaired) electrons. The van der Waals surface area contributed by atoms with Crippen LogP contribution in [-0.2, 0) is 0 Å². The Morgan fingerprint density at radius 2 is 2.50 bits per heavy atom. The smallest absolute Gasteiger partial charge is 0.166 e. The molecule has 2 nitrogen and oxygen atoms in total. The molecule has 3 heteroatoms. The number of carbonyl (C=O) groups is 1. The van der Waals surface area contributed by atoms with Crippen LogP contribution >= 0.6 is 12.6 Å². The van der Waals surface area contributed by atoms with E-state index in [4.69, 9.17) is 0 Å². The van der Waals surface area contributed by atoms with Gasteiger partial charge in [-0.15, -0.1) is 0 Å². The lowest BCUT2D eigenvalue weighted by Gasteiger charge is -1.77. The Labute approximate surface area is 76.8 Å². The Bertz CT molecular complexity index is 319. The minimum absolute atomic E-state index is 0.560. The molecule has 0 fully saturated rings. The Kier molecular flexibility index (Phi) is 3.49. The van der Waals surface area contributed by atoms with Gasteiger partial charge in [-0.05, 0) is 6.07 Å². The van der Waals surface area contributed by atoms with E-state index in [0.29, 0.717) is 5.69 Å². The fraction of sp³-hybridized carbons (Fsp3) is 0.222. The van der Waals surface area contributed by atoms with Crippen molar-refractivity contribution in [1.29, 1.82) is 0 Å². The second kappa shape index (κ2) is 4.68. The summed E-state index contributed by atoms with van der Waals surface area (Å²) in [6.07, 6.45) is 3.25. The summed E-state index contributed by atoms with van der Waals surface area (Å²) in [5.41, 5.74) is 1.41. The Hall–Kier alpha value is -1.14. The number of aldehydes is 1. The number of hydrogen-bond acceptors (Lipinski definition) is 2. The summed E-state index contributed by atoms with van der Waals surface area (Å²) in [5.74, 6) is 6.60. The third-order valence-electron chi connectivity index (χ3n) is 1.30. The topological polar surface area (TPSA) is 32.9 Å². The van der Waals surface area contributed by atoms with Crippen LogP contribution in [0.15, 0.2) is 12.3 Å². The van der Waals surface area contributed by atoms with Crippen molar-refractivity contribution in [2.75, 3.05) is 5.75 Å². The van der Waals surface area contributed by atoms with Crippen LogP contribution < -0.4 is 0 Å². The van der Waals surface area contributed by atoms with Crippen LogP contribution in [0.3, 0.4) is 0 Å². The molecule has 1 aromatic heterocycles. The molecule has 0 atom stereocenters. The number of carbonyl (C=O) groups excluding carboxylic acids is 1. The predicted octanol–water partition coefficient (Wildman–Crippen LogP) is 1.50. The fourth-order valence-corrected chi connectivity index (χ4v) is 0.884. The van der Waals surface area contributed by atoms with Crippen molar-refractivity contribution in [3.05, 3.63) is 23.5 Å². The molecule has 0 aliphatic carbocycles. The SMILES string of the molecule is O=Cc1cc(C#CCCS)c[nH]1. The van der Waals surface area contributed by atoms with Crippen molar-refractivity contribution >= 4 is 18.9 Å². The van der Waals surface area contributed by atoms with Crippen molar-refractivity contribution < 1.29 is 4.79 Å². The van der Waals surface area contributed by atoms with Crippen molar-refractivity contribution in [1.82, 2.24) is 4.98 Å². The molecular formula is C9H9NOS. The Morgan fingerprint density at radius 3 is 3.08 bits per heavy atom. The van der Waals surface area contributed by atoms with Gasteiger partial charge in [0.2, 0.25) is 0 Å². The largest absolute Gasteiger partial charge is 0.358 e. The molecule has 62 valence electrons. The summed E-state index contributed by atoms with van der Waals surface area (Å²) in [6.45, 7) is 0. The standard InChI is InChI=1S/C9H9NOS/c11-7-9-5-8(6-10-9)3-1-2-4-12/h5-7,10,12H,2,4H2. The molecule has 1 heterocycles. The summed E-state index contributed by atoms with van der Waals surface area (Å²) < 4.78 is 0. The van der Waals surface area contributed by atoms with Crippen LogP contribution in [0.25, 0.3) is 0 Å². The second-order valence-corrected chi connectivity index (χ2v) is 2.68. The molecule has 0 bridgehead atoms. The second-order valence-electron chi connectivity index (χ2n) is 2.24. The molecule has 0 saturated heterocycles. The third kappa shape index (κ3) is 2.48. The van der Waals surface area contributed by atoms with E-state index in [2.05, 4.69) is 29.5 Å². The molecule has 1 aromatic rings. The highest BCUT2D eigenvalue weighted by atomic mass is 32.1. The molecule has 0 saturated carbocycles. The zero-order chi connectivity index (χ0) is 8.81. The summed E-state index contributed by atoms with van der Waals surface area (Å²) in [6, 6.07) is 1.72. The minimum Gasteiger partial charge on any atom is -0.358 e. The van der Waals surface area contributed by atoms with Gasteiger partial charge in [0.1, 0.15) is 0 Å². The fourth-order valence-electron chi connectivity index (χ4n) is 0.773. The van der Waals surface area contributed by atoms with Gasteiger partial charge in [0.15, 0.2) is 6.29 Å². The molecular weight excluding hydrogens is 170 g/mol. The van der Waals surface area contributed by atoms with E-state index in [9.17, 15) is 4.79 Å². The van der Waals surface area contributed by atoms with E-state index in [1.165, 1.54) is 0 Å². The number of thiol groups is 1. The first-order chi connectivity index (χ1) is 5.86. The molecule has 0 aliphatic heterocycles. The van der Waals surface area contributed by atoms with Crippen LogP contribution in [0.4, 0.5) is 0 Å². The van der Waals surface area contributed by atoms with Crippen molar-refractivity contribution in [3.8, 4) is 11.8 Å². The quantitative estimate of drug-likeness (QED) is 0.402. The van der Waals surface area contributed by atoms with E-state index >= 15 is 0 Å². The predicted molar refractivity (Wildman–Crippen MR) is 51.5 cm³/mol. The van der Waals surface area contributed by atoms with Gasteiger partial charge in [-0.25, -0.2) is 0 Å². The Balaban J connectivity index is 2.65. The summed E-state index contributed by atoms with van der Waals surface area (Å²) >= 11 is 4.02. The molecule has 0 unspecified atom stereocenters. The number of aromatic nitrogens is 1. The van der Waals surface area contributed by atoms with Crippen LogP contribution in [0.1, 0.15) is 22.5 Å². The van der Waals surface area contributed by atoms with Gasteiger partial charge < -0.3 is 4.98 Å². The zero-order valence-electron chi connectivity index (χ0n) is 6.50. The number of nitrogens with one attached hydrogen (secondary N) is 1. The van der Waals surface area contributed by atoms with E-state index in [1.807, 2.05) is 0 Å². The van der Waals surface area contributed by atoms with Crippen molar-refractivity contribution in [2.45, 2.75) is 6.42 Å². The number of rotatable bonds is 2. The highest BCUT2D eigenvalue weighted by Gasteiger charge is 1.92. The van der Waals surface area contributed by atoms with E-state index < -0.39 is 0 Å². The van der Waals surface area contributed by atoms with Gasteiger partial charge in [-0.1, -0.05) is 11.8 Å². The average molecular weight is 179 g/mol. The lowest BCUT2D eigenvalue weighted by Crippen LogP contribution is -1.73. The first-order valence-corrected chi connectivity index (χ1v) is 4.23.